The van der Waals surface area contributed by atoms with Crippen LogP contribution in [0.25, 0.3) is 0 Å². The van der Waals surface area contributed by atoms with Crippen molar-refractivity contribution in [2.24, 2.45) is 0 Å². The quantitative estimate of drug-likeness (QED) is 0.850. The number of anilines is 1. The van der Waals surface area contributed by atoms with Gasteiger partial charge in [0.05, 0.1) is 7.11 Å². The Bertz CT molecular complexity index is 799. The van der Waals surface area contributed by atoms with Crippen molar-refractivity contribution >= 4 is 11.7 Å². The second kappa shape index (κ2) is 7.86. The predicted molar refractivity (Wildman–Crippen MR) is 104 cm³/mol. The molecule has 2 aromatic rings. The molecule has 2 aliphatic rings. The molecule has 0 radical (unpaired) electrons. The van der Waals surface area contributed by atoms with E-state index >= 15 is 0 Å². The minimum absolute atomic E-state index is 0.00413. The van der Waals surface area contributed by atoms with Crippen LogP contribution in [0.5, 0.6) is 11.5 Å². The number of piperidine rings is 1. The van der Waals surface area contributed by atoms with Gasteiger partial charge in [-0.15, -0.1) is 0 Å². The van der Waals surface area contributed by atoms with Crippen molar-refractivity contribution in [3.05, 3.63) is 48.2 Å². The number of nitrogens with one attached hydrogen (secondary N) is 1. The Hall–Kier alpha value is -2.76. The molecule has 0 bridgehead atoms. The molecule has 1 aromatic heterocycles. The zero-order valence-corrected chi connectivity index (χ0v) is 15.6. The van der Waals surface area contributed by atoms with Gasteiger partial charge in [-0.05, 0) is 37.1 Å². The molecule has 2 heterocycles. The number of pyridine rings is 1. The number of aromatic nitrogens is 1. The highest BCUT2D eigenvalue weighted by atomic mass is 16.5. The van der Waals surface area contributed by atoms with E-state index in [2.05, 4.69) is 15.2 Å². The molecular formula is C21H25N3O3. The lowest BCUT2D eigenvalue weighted by atomic mass is 10.1. The summed E-state index contributed by atoms with van der Waals surface area (Å²) in [6.45, 7) is 1.70. The van der Waals surface area contributed by atoms with Crippen LogP contribution in [0.1, 0.15) is 36.0 Å². The zero-order chi connectivity index (χ0) is 18.6. The molecule has 0 atom stereocenters. The molecule has 1 aromatic carbocycles. The molecule has 1 N–H and O–H groups in total. The standard InChI is InChI=1S/C21H25N3O3/c1-26-18-4-2-3-5-19(18)27-17-9-12-24(13-10-17)20-14-15(8-11-22-20)21(25)23-16-6-7-16/h2-5,8,11,14,16-17H,6-7,9-10,12-13H2,1H3,(H,23,25). The van der Waals surface area contributed by atoms with Crippen molar-refractivity contribution in [3.63, 3.8) is 0 Å². The van der Waals surface area contributed by atoms with Crippen LogP contribution in [0.3, 0.4) is 0 Å². The van der Waals surface area contributed by atoms with Crippen molar-refractivity contribution in [2.75, 3.05) is 25.1 Å². The summed E-state index contributed by atoms with van der Waals surface area (Å²) < 4.78 is 11.5. The average molecular weight is 367 g/mol. The summed E-state index contributed by atoms with van der Waals surface area (Å²) >= 11 is 0. The number of carbonyl (C=O) groups excluding carboxylic acids is 1. The highest BCUT2D eigenvalue weighted by molar-refractivity contribution is 5.95. The van der Waals surface area contributed by atoms with Crippen molar-refractivity contribution in [1.82, 2.24) is 10.3 Å². The fourth-order valence-corrected chi connectivity index (χ4v) is 3.33. The molecule has 0 spiro atoms. The number of ether oxygens (including phenoxy) is 2. The van der Waals surface area contributed by atoms with Gasteiger partial charge in [0.1, 0.15) is 11.9 Å². The van der Waals surface area contributed by atoms with Crippen LogP contribution in [0.2, 0.25) is 0 Å². The van der Waals surface area contributed by atoms with Crippen molar-refractivity contribution in [3.8, 4) is 11.5 Å². The predicted octanol–water partition coefficient (Wildman–Crippen LogP) is 3.03. The number of amides is 1. The van der Waals surface area contributed by atoms with Gasteiger partial charge in [0, 0.05) is 43.7 Å². The van der Waals surface area contributed by atoms with Crippen molar-refractivity contribution in [1.29, 1.82) is 0 Å². The summed E-state index contributed by atoms with van der Waals surface area (Å²) in [5.74, 6) is 2.40. The number of methoxy groups -OCH3 is 1. The van der Waals surface area contributed by atoms with Gasteiger partial charge < -0.3 is 19.7 Å². The molecular weight excluding hydrogens is 342 g/mol. The Morgan fingerprint density at radius 2 is 1.85 bits per heavy atom. The molecule has 27 heavy (non-hydrogen) atoms. The highest BCUT2D eigenvalue weighted by Crippen LogP contribution is 2.29. The van der Waals surface area contributed by atoms with Crippen LogP contribution < -0.4 is 19.7 Å². The molecule has 1 amide bonds. The van der Waals surface area contributed by atoms with Gasteiger partial charge in [-0.1, -0.05) is 12.1 Å². The SMILES string of the molecule is COc1ccccc1OC1CCN(c2cc(C(=O)NC3CC3)ccn2)CC1. The van der Waals surface area contributed by atoms with E-state index in [9.17, 15) is 4.79 Å². The minimum Gasteiger partial charge on any atom is -0.493 e. The molecule has 4 rings (SSSR count). The Labute approximate surface area is 159 Å². The third kappa shape index (κ3) is 4.32. The van der Waals surface area contributed by atoms with Gasteiger partial charge in [-0.25, -0.2) is 4.98 Å². The Morgan fingerprint density at radius 3 is 2.56 bits per heavy atom. The van der Waals surface area contributed by atoms with E-state index in [0.717, 1.165) is 56.1 Å². The van der Waals surface area contributed by atoms with Gasteiger partial charge in [0.25, 0.3) is 5.91 Å². The van der Waals surface area contributed by atoms with E-state index in [1.165, 1.54) is 0 Å². The summed E-state index contributed by atoms with van der Waals surface area (Å²) in [5.41, 5.74) is 0.680. The number of benzene rings is 1. The maximum atomic E-state index is 12.3. The van der Waals surface area contributed by atoms with E-state index < -0.39 is 0 Å². The van der Waals surface area contributed by atoms with Crippen molar-refractivity contribution < 1.29 is 14.3 Å². The average Bonchev–Trinajstić information content (AvgIpc) is 3.53. The number of hydrogen-bond donors (Lipinski definition) is 1. The zero-order valence-electron chi connectivity index (χ0n) is 15.6. The van der Waals surface area contributed by atoms with Crippen LogP contribution in [-0.2, 0) is 0 Å². The van der Waals surface area contributed by atoms with Crippen LogP contribution in [0.4, 0.5) is 5.82 Å². The second-order valence-corrected chi connectivity index (χ2v) is 7.11. The number of rotatable bonds is 6. The summed E-state index contributed by atoms with van der Waals surface area (Å²) in [6.07, 6.45) is 5.84. The Morgan fingerprint density at radius 1 is 1.11 bits per heavy atom. The fraction of sp³-hybridized carbons (Fsp3) is 0.429. The van der Waals surface area contributed by atoms with Crippen molar-refractivity contribution in [2.45, 2.75) is 37.8 Å². The minimum atomic E-state index is -0.00413. The molecule has 0 unspecified atom stereocenters. The monoisotopic (exact) mass is 367 g/mol. The van der Waals surface area contributed by atoms with E-state index in [4.69, 9.17) is 9.47 Å². The van der Waals surface area contributed by atoms with Gasteiger partial charge in [-0.2, -0.15) is 0 Å². The largest absolute Gasteiger partial charge is 0.493 e. The van der Waals surface area contributed by atoms with Crippen LogP contribution in [0, 0.1) is 0 Å². The lowest BCUT2D eigenvalue weighted by Crippen LogP contribution is -2.39. The second-order valence-electron chi connectivity index (χ2n) is 7.11. The Balaban J connectivity index is 1.35. The molecule has 1 saturated heterocycles. The van der Waals surface area contributed by atoms with E-state index in [-0.39, 0.29) is 12.0 Å². The van der Waals surface area contributed by atoms with Crippen LogP contribution >= 0.6 is 0 Å². The summed E-state index contributed by atoms with van der Waals surface area (Å²) in [4.78, 5) is 18.9. The van der Waals surface area contributed by atoms with Gasteiger partial charge >= 0.3 is 0 Å². The maximum absolute atomic E-state index is 12.3. The fourth-order valence-electron chi connectivity index (χ4n) is 3.33. The number of hydrogen-bond acceptors (Lipinski definition) is 5. The van der Waals surface area contributed by atoms with Gasteiger partial charge in [0.2, 0.25) is 0 Å². The van der Waals surface area contributed by atoms with Crippen LogP contribution in [0.15, 0.2) is 42.6 Å². The third-order valence-electron chi connectivity index (χ3n) is 5.05. The lowest BCUT2D eigenvalue weighted by Gasteiger charge is -2.33. The van der Waals surface area contributed by atoms with Gasteiger partial charge in [-0.3, -0.25) is 4.79 Å². The molecule has 1 aliphatic carbocycles. The van der Waals surface area contributed by atoms with E-state index in [1.807, 2.05) is 30.3 Å². The van der Waals surface area contributed by atoms with E-state index in [1.54, 1.807) is 19.4 Å². The topological polar surface area (TPSA) is 63.7 Å². The summed E-state index contributed by atoms with van der Waals surface area (Å²) in [7, 11) is 1.66. The first kappa shape index (κ1) is 17.6. The van der Waals surface area contributed by atoms with E-state index in [0.29, 0.717) is 11.6 Å². The third-order valence-corrected chi connectivity index (χ3v) is 5.05. The lowest BCUT2D eigenvalue weighted by molar-refractivity contribution is 0.0951. The number of para-hydroxylation sites is 2. The molecule has 142 valence electrons. The smallest absolute Gasteiger partial charge is 0.251 e. The van der Waals surface area contributed by atoms with Gasteiger partial charge in [0.15, 0.2) is 11.5 Å². The molecule has 1 aliphatic heterocycles. The number of nitrogens with zero attached hydrogens (tertiary/aromatic N) is 2. The Kier molecular flexibility index (Phi) is 5.14. The molecule has 6 nitrogen and oxygen atoms in total. The molecule has 6 heteroatoms. The first-order chi connectivity index (χ1) is 13.2. The first-order valence-electron chi connectivity index (χ1n) is 9.54. The maximum Gasteiger partial charge on any atom is 0.251 e. The highest BCUT2D eigenvalue weighted by Gasteiger charge is 2.25. The van der Waals surface area contributed by atoms with Crippen LogP contribution in [-0.4, -0.2) is 43.2 Å². The summed E-state index contributed by atoms with van der Waals surface area (Å²) in [6, 6.07) is 11.8. The first-order valence-corrected chi connectivity index (χ1v) is 9.54. The molecule has 1 saturated carbocycles. The summed E-state index contributed by atoms with van der Waals surface area (Å²) in [5, 5.41) is 3.03. The molecule has 2 fully saturated rings. The number of carbonyl (C=O) groups is 1. The normalized spacial score (nSPS) is 17.4.